The van der Waals surface area contributed by atoms with E-state index in [0.717, 1.165) is 40.8 Å². The third kappa shape index (κ3) is 3.99. The maximum atomic E-state index is 5.65. The highest BCUT2D eigenvalue weighted by Gasteiger charge is 2.10. The molecule has 0 fully saturated rings. The van der Waals surface area contributed by atoms with Crippen LogP contribution in [0.25, 0.3) is 22.8 Å². The van der Waals surface area contributed by atoms with Gasteiger partial charge in [0.05, 0.1) is 6.61 Å². The van der Waals surface area contributed by atoms with Crippen molar-refractivity contribution in [2.24, 2.45) is 0 Å². The molecule has 0 unspecified atom stereocenters. The Morgan fingerprint density at radius 2 is 1.70 bits per heavy atom. The zero-order valence-electron chi connectivity index (χ0n) is 12.8. The molecule has 2 aromatic carbocycles. The minimum atomic E-state index is 0.503. The second kappa shape index (κ2) is 7.42. The molecule has 3 aromatic rings. The van der Waals surface area contributed by atoms with Gasteiger partial charge in [-0.25, -0.2) is 0 Å². The minimum absolute atomic E-state index is 0.503. The summed E-state index contributed by atoms with van der Waals surface area (Å²) in [4.78, 5) is 4.45. The fourth-order valence-electron chi connectivity index (χ4n) is 2.09. The topological polar surface area (TPSA) is 48.2 Å². The Hall–Kier alpha value is -2.14. The van der Waals surface area contributed by atoms with Gasteiger partial charge in [-0.15, -0.1) is 0 Å². The number of unbranched alkanes of at least 4 members (excludes halogenated alkanes) is 1. The molecule has 0 spiro atoms. The number of ether oxygens (including phenoxy) is 1. The van der Waals surface area contributed by atoms with Crippen LogP contribution < -0.4 is 4.74 Å². The van der Waals surface area contributed by atoms with Gasteiger partial charge in [0.25, 0.3) is 5.89 Å². The molecule has 5 heteroatoms. The van der Waals surface area contributed by atoms with Crippen molar-refractivity contribution in [2.45, 2.75) is 19.8 Å². The Kier molecular flexibility index (Phi) is 5.08. The summed E-state index contributed by atoms with van der Waals surface area (Å²) in [7, 11) is 0. The Morgan fingerprint density at radius 1 is 1.00 bits per heavy atom. The number of nitrogens with zero attached hydrogens (tertiary/aromatic N) is 2. The first-order chi connectivity index (χ1) is 11.3. The molecular weight excluding hydrogens is 356 g/mol. The van der Waals surface area contributed by atoms with E-state index in [9.17, 15) is 0 Å². The van der Waals surface area contributed by atoms with Gasteiger partial charge in [0.2, 0.25) is 5.82 Å². The second-order valence-electron chi connectivity index (χ2n) is 5.16. The highest BCUT2D eigenvalue weighted by atomic mass is 79.9. The first-order valence-electron chi connectivity index (χ1n) is 7.59. The molecule has 0 saturated heterocycles. The molecule has 0 aliphatic carbocycles. The first-order valence-corrected chi connectivity index (χ1v) is 8.38. The second-order valence-corrected chi connectivity index (χ2v) is 6.07. The van der Waals surface area contributed by atoms with Crippen LogP contribution in [0, 0.1) is 0 Å². The number of hydrogen-bond donors (Lipinski definition) is 0. The third-order valence-corrected chi connectivity index (χ3v) is 3.92. The van der Waals surface area contributed by atoms with Crippen molar-refractivity contribution < 1.29 is 9.26 Å². The lowest BCUT2D eigenvalue weighted by Crippen LogP contribution is -1.95. The van der Waals surface area contributed by atoms with Crippen molar-refractivity contribution in [3.63, 3.8) is 0 Å². The standard InChI is InChI=1S/C18H17BrN2O2/c1-2-3-12-22-16-10-6-14(7-11-16)18-20-17(21-23-18)13-4-8-15(19)9-5-13/h4-11H,2-3,12H2,1H3. The van der Waals surface area contributed by atoms with Gasteiger partial charge in [0.1, 0.15) is 5.75 Å². The van der Waals surface area contributed by atoms with Crippen LogP contribution in [0.1, 0.15) is 19.8 Å². The van der Waals surface area contributed by atoms with Crippen LogP contribution in [0.3, 0.4) is 0 Å². The Balaban J connectivity index is 1.73. The largest absolute Gasteiger partial charge is 0.494 e. The van der Waals surface area contributed by atoms with E-state index < -0.39 is 0 Å². The van der Waals surface area contributed by atoms with Crippen molar-refractivity contribution in [1.82, 2.24) is 10.1 Å². The number of rotatable bonds is 6. The van der Waals surface area contributed by atoms with Gasteiger partial charge in [-0.1, -0.05) is 34.4 Å². The number of halogens is 1. The smallest absolute Gasteiger partial charge is 0.258 e. The third-order valence-electron chi connectivity index (χ3n) is 3.40. The molecule has 0 aliphatic heterocycles. The van der Waals surface area contributed by atoms with E-state index in [2.05, 4.69) is 33.0 Å². The molecule has 0 aliphatic rings. The normalized spacial score (nSPS) is 10.7. The highest BCUT2D eigenvalue weighted by molar-refractivity contribution is 9.10. The monoisotopic (exact) mass is 372 g/mol. The molecule has 1 heterocycles. The van der Waals surface area contributed by atoms with Crippen LogP contribution in [-0.2, 0) is 0 Å². The zero-order chi connectivity index (χ0) is 16.1. The summed E-state index contributed by atoms with van der Waals surface area (Å²) in [6.07, 6.45) is 2.18. The summed E-state index contributed by atoms with van der Waals surface area (Å²) in [6.45, 7) is 2.88. The van der Waals surface area contributed by atoms with E-state index in [1.807, 2.05) is 48.5 Å². The predicted molar refractivity (Wildman–Crippen MR) is 93.3 cm³/mol. The van der Waals surface area contributed by atoms with Gasteiger partial charge < -0.3 is 9.26 Å². The van der Waals surface area contributed by atoms with Crippen molar-refractivity contribution in [3.05, 3.63) is 53.0 Å². The molecule has 3 rings (SSSR count). The van der Waals surface area contributed by atoms with Crippen LogP contribution in [0.15, 0.2) is 57.5 Å². The average Bonchev–Trinajstić information content (AvgIpc) is 3.06. The molecule has 0 saturated carbocycles. The van der Waals surface area contributed by atoms with Crippen molar-refractivity contribution >= 4 is 15.9 Å². The molecule has 4 nitrogen and oxygen atoms in total. The summed E-state index contributed by atoms with van der Waals surface area (Å²) in [5.74, 6) is 1.94. The summed E-state index contributed by atoms with van der Waals surface area (Å²) < 4.78 is 12.0. The van der Waals surface area contributed by atoms with Crippen LogP contribution in [-0.4, -0.2) is 16.7 Å². The van der Waals surface area contributed by atoms with Crippen molar-refractivity contribution in [1.29, 1.82) is 0 Å². The van der Waals surface area contributed by atoms with Crippen LogP contribution in [0.2, 0.25) is 0 Å². The van der Waals surface area contributed by atoms with Gasteiger partial charge in [-0.2, -0.15) is 4.98 Å². The summed E-state index contributed by atoms with van der Waals surface area (Å²) >= 11 is 3.41. The van der Waals surface area contributed by atoms with E-state index in [1.165, 1.54) is 0 Å². The van der Waals surface area contributed by atoms with Crippen LogP contribution >= 0.6 is 15.9 Å². The van der Waals surface area contributed by atoms with E-state index >= 15 is 0 Å². The molecule has 0 N–H and O–H groups in total. The fraction of sp³-hybridized carbons (Fsp3) is 0.222. The first kappa shape index (κ1) is 15.7. The Morgan fingerprint density at radius 3 is 2.39 bits per heavy atom. The van der Waals surface area contributed by atoms with Gasteiger partial charge in [-0.3, -0.25) is 0 Å². The van der Waals surface area contributed by atoms with Gasteiger partial charge in [-0.05, 0) is 55.0 Å². The lowest BCUT2D eigenvalue weighted by molar-refractivity contribution is 0.309. The highest BCUT2D eigenvalue weighted by Crippen LogP contribution is 2.25. The maximum Gasteiger partial charge on any atom is 0.258 e. The van der Waals surface area contributed by atoms with Crippen molar-refractivity contribution in [2.75, 3.05) is 6.61 Å². The molecule has 1 aromatic heterocycles. The maximum absolute atomic E-state index is 5.65. The van der Waals surface area contributed by atoms with Gasteiger partial charge in [0, 0.05) is 15.6 Å². The SMILES string of the molecule is CCCCOc1ccc(-c2nc(-c3ccc(Br)cc3)no2)cc1. The van der Waals surface area contributed by atoms with Gasteiger partial charge >= 0.3 is 0 Å². The fourth-order valence-corrected chi connectivity index (χ4v) is 2.35. The molecule has 0 atom stereocenters. The summed E-state index contributed by atoms with van der Waals surface area (Å²) in [5.41, 5.74) is 1.80. The molecule has 23 heavy (non-hydrogen) atoms. The van der Waals surface area contributed by atoms with Crippen LogP contribution in [0.4, 0.5) is 0 Å². The lowest BCUT2D eigenvalue weighted by Gasteiger charge is -2.04. The van der Waals surface area contributed by atoms with E-state index in [-0.39, 0.29) is 0 Å². The van der Waals surface area contributed by atoms with Gasteiger partial charge in [0.15, 0.2) is 0 Å². The quantitative estimate of drug-likeness (QED) is 0.547. The molecule has 0 bridgehead atoms. The van der Waals surface area contributed by atoms with Crippen LogP contribution in [0.5, 0.6) is 5.75 Å². The number of hydrogen-bond acceptors (Lipinski definition) is 4. The zero-order valence-corrected chi connectivity index (χ0v) is 14.4. The average molecular weight is 373 g/mol. The molecular formula is C18H17BrN2O2. The summed E-state index contributed by atoms with van der Waals surface area (Å²) in [6, 6.07) is 15.5. The predicted octanol–water partition coefficient (Wildman–Crippen LogP) is 5.35. The molecule has 118 valence electrons. The molecule has 0 radical (unpaired) electrons. The van der Waals surface area contributed by atoms with E-state index in [0.29, 0.717) is 11.7 Å². The van der Waals surface area contributed by atoms with Crippen molar-refractivity contribution in [3.8, 4) is 28.6 Å². The lowest BCUT2D eigenvalue weighted by atomic mass is 10.2. The number of aromatic nitrogens is 2. The Bertz CT molecular complexity index is 751. The number of benzene rings is 2. The molecule has 0 amide bonds. The minimum Gasteiger partial charge on any atom is -0.494 e. The Labute approximate surface area is 143 Å². The van der Waals surface area contributed by atoms with E-state index in [4.69, 9.17) is 9.26 Å². The summed E-state index contributed by atoms with van der Waals surface area (Å²) in [5, 5.41) is 4.04. The van der Waals surface area contributed by atoms with E-state index in [1.54, 1.807) is 0 Å².